The van der Waals surface area contributed by atoms with E-state index < -0.39 is 0 Å². The summed E-state index contributed by atoms with van der Waals surface area (Å²) in [5.41, 5.74) is 2.91. The molecule has 1 aromatic rings. The van der Waals surface area contributed by atoms with Crippen LogP contribution in [0.25, 0.3) is 0 Å². The summed E-state index contributed by atoms with van der Waals surface area (Å²) in [6.07, 6.45) is 4.84. The molecule has 0 saturated heterocycles. The lowest BCUT2D eigenvalue weighted by Gasteiger charge is -2.09. The highest BCUT2D eigenvalue weighted by atomic mass is 32.1. The van der Waals surface area contributed by atoms with Crippen molar-refractivity contribution < 1.29 is 0 Å². The summed E-state index contributed by atoms with van der Waals surface area (Å²) < 4.78 is 0. The zero-order chi connectivity index (χ0) is 9.68. The van der Waals surface area contributed by atoms with Gasteiger partial charge in [0, 0.05) is 4.90 Å². The van der Waals surface area contributed by atoms with Crippen molar-refractivity contribution in [3.63, 3.8) is 0 Å². The van der Waals surface area contributed by atoms with Crippen molar-refractivity contribution in [1.82, 2.24) is 0 Å². The van der Waals surface area contributed by atoms with E-state index in [1.165, 1.54) is 30.4 Å². The molecule has 13 heavy (non-hydrogen) atoms. The normalized spacial score (nSPS) is 10.4. The Kier molecular flexibility index (Phi) is 4.37. The van der Waals surface area contributed by atoms with E-state index in [-0.39, 0.29) is 0 Å². The first-order valence-corrected chi connectivity index (χ1v) is 5.54. The maximum atomic E-state index is 4.47. The summed E-state index contributed by atoms with van der Waals surface area (Å²) in [4.78, 5) is 1.15. The lowest BCUT2D eigenvalue weighted by Crippen LogP contribution is -1.94. The van der Waals surface area contributed by atoms with Gasteiger partial charge in [0.2, 0.25) is 0 Å². The van der Waals surface area contributed by atoms with Gasteiger partial charge in [-0.2, -0.15) is 0 Å². The summed E-state index contributed by atoms with van der Waals surface area (Å²) in [5, 5.41) is 0. The third kappa shape index (κ3) is 2.77. The zero-order valence-electron chi connectivity index (χ0n) is 8.51. The first-order chi connectivity index (χ1) is 6.29. The van der Waals surface area contributed by atoms with Crippen LogP contribution in [0.15, 0.2) is 23.1 Å². The van der Waals surface area contributed by atoms with Gasteiger partial charge in [-0.25, -0.2) is 0 Å². The Morgan fingerprint density at radius 1 is 1.23 bits per heavy atom. The second kappa shape index (κ2) is 5.33. The van der Waals surface area contributed by atoms with E-state index in [2.05, 4.69) is 44.7 Å². The van der Waals surface area contributed by atoms with Gasteiger partial charge < -0.3 is 0 Å². The van der Waals surface area contributed by atoms with Gasteiger partial charge in [0.1, 0.15) is 0 Å². The van der Waals surface area contributed by atoms with Crippen LogP contribution in [0.5, 0.6) is 0 Å². The summed E-state index contributed by atoms with van der Waals surface area (Å²) in [7, 11) is 0. The van der Waals surface area contributed by atoms with Crippen LogP contribution in [0.4, 0.5) is 0 Å². The molecule has 0 amide bonds. The minimum atomic E-state index is 1.10. The van der Waals surface area contributed by atoms with Crippen molar-refractivity contribution in [2.75, 3.05) is 0 Å². The Morgan fingerprint density at radius 2 is 2.00 bits per heavy atom. The fraction of sp³-hybridized carbons (Fsp3) is 0.500. The van der Waals surface area contributed by atoms with Gasteiger partial charge in [-0.15, -0.1) is 12.6 Å². The molecule has 0 fully saturated rings. The molecule has 1 rings (SSSR count). The van der Waals surface area contributed by atoms with E-state index in [0.717, 1.165) is 11.3 Å². The maximum Gasteiger partial charge on any atom is 0.00746 e. The quantitative estimate of drug-likeness (QED) is 0.691. The van der Waals surface area contributed by atoms with Crippen LogP contribution in [0.1, 0.15) is 37.8 Å². The van der Waals surface area contributed by atoms with Crippen molar-refractivity contribution in [3.05, 3.63) is 29.3 Å². The van der Waals surface area contributed by atoms with Crippen LogP contribution in [-0.2, 0) is 12.8 Å². The lowest BCUT2D eigenvalue weighted by atomic mass is 10.0. The number of thiol groups is 1. The number of hydrogen-bond acceptors (Lipinski definition) is 1. The smallest absolute Gasteiger partial charge is 0.00746 e. The highest BCUT2D eigenvalue weighted by Gasteiger charge is 2.02. The van der Waals surface area contributed by atoms with Crippen LogP contribution in [-0.4, -0.2) is 0 Å². The monoisotopic (exact) mass is 194 g/mol. The van der Waals surface area contributed by atoms with Gasteiger partial charge in [-0.3, -0.25) is 0 Å². The molecule has 0 aliphatic heterocycles. The standard InChI is InChI=1S/C12H18S/c1-3-5-7-10-8-6-9-12(13)11(10)4-2/h6,8-9,13H,3-5,7H2,1-2H3. The SMILES string of the molecule is CCCCc1cccc(S)c1CC. The second-order valence-electron chi connectivity index (χ2n) is 3.37. The van der Waals surface area contributed by atoms with Gasteiger partial charge in [-0.05, 0) is 36.5 Å². The average Bonchev–Trinajstić information content (AvgIpc) is 2.15. The number of benzene rings is 1. The molecule has 0 aromatic heterocycles. The van der Waals surface area contributed by atoms with Gasteiger partial charge in [0.15, 0.2) is 0 Å². The van der Waals surface area contributed by atoms with E-state index in [9.17, 15) is 0 Å². The van der Waals surface area contributed by atoms with Crippen molar-refractivity contribution in [3.8, 4) is 0 Å². The predicted octanol–water partition coefficient (Wildman–Crippen LogP) is 3.88. The lowest BCUT2D eigenvalue weighted by molar-refractivity contribution is 0.783. The molecule has 0 aliphatic carbocycles. The van der Waals surface area contributed by atoms with Crippen molar-refractivity contribution in [2.45, 2.75) is 44.4 Å². The fourth-order valence-corrected chi connectivity index (χ4v) is 2.02. The van der Waals surface area contributed by atoms with E-state index >= 15 is 0 Å². The van der Waals surface area contributed by atoms with Crippen LogP contribution in [0.2, 0.25) is 0 Å². The Labute approximate surface area is 86.8 Å². The average molecular weight is 194 g/mol. The van der Waals surface area contributed by atoms with Gasteiger partial charge in [-0.1, -0.05) is 32.4 Å². The van der Waals surface area contributed by atoms with Crippen molar-refractivity contribution in [1.29, 1.82) is 0 Å². The molecule has 0 spiro atoms. The molecule has 0 atom stereocenters. The first kappa shape index (κ1) is 10.6. The maximum absolute atomic E-state index is 4.47. The summed E-state index contributed by atoms with van der Waals surface area (Å²) >= 11 is 4.47. The number of hydrogen-bond donors (Lipinski definition) is 1. The van der Waals surface area contributed by atoms with Gasteiger partial charge in [0.25, 0.3) is 0 Å². The first-order valence-electron chi connectivity index (χ1n) is 5.09. The number of aryl methyl sites for hydroxylation is 1. The van der Waals surface area contributed by atoms with Crippen LogP contribution >= 0.6 is 12.6 Å². The molecule has 0 radical (unpaired) electrons. The fourth-order valence-electron chi connectivity index (χ4n) is 1.63. The Balaban J connectivity index is 2.85. The molecule has 1 heteroatoms. The van der Waals surface area contributed by atoms with Gasteiger partial charge in [0.05, 0.1) is 0 Å². The highest BCUT2D eigenvalue weighted by Crippen LogP contribution is 2.20. The van der Waals surface area contributed by atoms with Gasteiger partial charge >= 0.3 is 0 Å². The molecule has 72 valence electrons. The Morgan fingerprint density at radius 3 is 2.62 bits per heavy atom. The molecule has 0 bridgehead atoms. The Hall–Kier alpha value is -0.430. The minimum Gasteiger partial charge on any atom is -0.143 e. The second-order valence-corrected chi connectivity index (χ2v) is 3.85. The zero-order valence-corrected chi connectivity index (χ0v) is 9.40. The summed E-state index contributed by atoms with van der Waals surface area (Å²) in [5.74, 6) is 0. The molecular formula is C12H18S. The predicted molar refractivity (Wildman–Crippen MR) is 61.7 cm³/mol. The van der Waals surface area contributed by atoms with Crippen LogP contribution in [0.3, 0.4) is 0 Å². The van der Waals surface area contributed by atoms with E-state index in [1.807, 2.05) is 0 Å². The molecule has 0 heterocycles. The van der Waals surface area contributed by atoms with Crippen LogP contribution in [0, 0.1) is 0 Å². The molecular weight excluding hydrogens is 176 g/mol. The molecule has 0 saturated carbocycles. The topological polar surface area (TPSA) is 0 Å². The van der Waals surface area contributed by atoms with Crippen molar-refractivity contribution in [2.24, 2.45) is 0 Å². The highest BCUT2D eigenvalue weighted by molar-refractivity contribution is 7.80. The molecule has 0 unspecified atom stereocenters. The summed E-state index contributed by atoms with van der Waals surface area (Å²) in [6.45, 7) is 4.43. The van der Waals surface area contributed by atoms with E-state index in [4.69, 9.17) is 0 Å². The third-order valence-corrected chi connectivity index (χ3v) is 2.82. The number of unbranched alkanes of at least 4 members (excludes halogenated alkanes) is 1. The van der Waals surface area contributed by atoms with E-state index in [1.54, 1.807) is 0 Å². The largest absolute Gasteiger partial charge is 0.143 e. The van der Waals surface area contributed by atoms with Crippen LogP contribution < -0.4 is 0 Å². The molecule has 1 aromatic carbocycles. The number of rotatable bonds is 4. The van der Waals surface area contributed by atoms with Crippen molar-refractivity contribution >= 4 is 12.6 Å². The van der Waals surface area contributed by atoms with E-state index in [0.29, 0.717) is 0 Å². The molecule has 0 nitrogen and oxygen atoms in total. The molecule has 0 N–H and O–H groups in total. The Bertz CT molecular complexity index is 266. The minimum absolute atomic E-state index is 1.10. The molecule has 0 aliphatic rings. The summed E-state index contributed by atoms with van der Waals surface area (Å²) in [6, 6.07) is 6.41. The third-order valence-electron chi connectivity index (χ3n) is 2.40.